The number of fused-ring (bicyclic) bond motifs is 1. The monoisotopic (exact) mass is 304 g/mol. The highest BCUT2D eigenvalue weighted by molar-refractivity contribution is 8.00. The Morgan fingerprint density at radius 2 is 2.14 bits per heavy atom. The molecule has 0 amide bonds. The molecule has 2 nitrogen and oxygen atoms in total. The van der Waals surface area contributed by atoms with Gasteiger partial charge in [-0.3, -0.25) is 0 Å². The first kappa shape index (κ1) is 14.4. The minimum Gasteiger partial charge on any atom is -0.492 e. The van der Waals surface area contributed by atoms with E-state index in [0.29, 0.717) is 23.2 Å². The standard InChI is InChI=1S/C17H17FO2S/c1-11(19)15-7-6-13(9-16(15)18)20-10-14-8-12-4-2-3-5-17(12)21-14/h2-7,9,11,14,19H,8,10H2,1H3. The highest BCUT2D eigenvalue weighted by Crippen LogP contribution is 2.37. The van der Waals surface area contributed by atoms with Gasteiger partial charge in [-0.05, 0) is 37.1 Å². The largest absolute Gasteiger partial charge is 0.492 e. The zero-order valence-electron chi connectivity index (χ0n) is 11.8. The lowest BCUT2D eigenvalue weighted by Crippen LogP contribution is -2.13. The average molecular weight is 304 g/mol. The molecule has 21 heavy (non-hydrogen) atoms. The van der Waals surface area contributed by atoms with Gasteiger partial charge in [-0.15, -0.1) is 11.8 Å². The van der Waals surface area contributed by atoms with E-state index in [4.69, 9.17) is 4.74 Å². The maximum Gasteiger partial charge on any atom is 0.132 e. The molecule has 1 aliphatic heterocycles. The molecular formula is C17H17FO2S. The predicted octanol–water partition coefficient (Wildman–Crippen LogP) is 3.97. The van der Waals surface area contributed by atoms with Crippen LogP contribution in [-0.2, 0) is 6.42 Å². The van der Waals surface area contributed by atoms with Crippen molar-refractivity contribution in [3.63, 3.8) is 0 Å². The number of rotatable bonds is 4. The molecule has 3 rings (SSSR count). The molecule has 0 aromatic heterocycles. The topological polar surface area (TPSA) is 29.5 Å². The fraction of sp³-hybridized carbons (Fsp3) is 0.294. The molecule has 1 aliphatic rings. The summed E-state index contributed by atoms with van der Waals surface area (Å²) in [6.07, 6.45) is 0.175. The Morgan fingerprint density at radius 3 is 2.86 bits per heavy atom. The van der Waals surface area contributed by atoms with Crippen molar-refractivity contribution in [1.29, 1.82) is 0 Å². The van der Waals surface area contributed by atoms with Crippen molar-refractivity contribution in [2.24, 2.45) is 0 Å². The third-order valence-electron chi connectivity index (χ3n) is 3.57. The quantitative estimate of drug-likeness (QED) is 0.926. The van der Waals surface area contributed by atoms with E-state index in [2.05, 4.69) is 12.1 Å². The summed E-state index contributed by atoms with van der Waals surface area (Å²) < 4.78 is 19.5. The van der Waals surface area contributed by atoms with Gasteiger partial charge < -0.3 is 9.84 Å². The van der Waals surface area contributed by atoms with Crippen LogP contribution in [0.4, 0.5) is 4.39 Å². The molecule has 0 bridgehead atoms. The predicted molar refractivity (Wildman–Crippen MR) is 82.3 cm³/mol. The zero-order valence-corrected chi connectivity index (χ0v) is 12.6. The van der Waals surface area contributed by atoms with Crippen LogP contribution in [0.5, 0.6) is 5.75 Å². The first-order valence-electron chi connectivity index (χ1n) is 6.98. The summed E-state index contributed by atoms with van der Waals surface area (Å²) in [6, 6.07) is 13.0. The van der Waals surface area contributed by atoms with Crippen LogP contribution in [0, 0.1) is 5.82 Å². The van der Waals surface area contributed by atoms with Gasteiger partial charge in [0.15, 0.2) is 0 Å². The number of aliphatic hydroxyl groups is 1. The smallest absolute Gasteiger partial charge is 0.132 e. The van der Waals surface area contributed by atoms with Gasteiger partial charge in [-0.1, -0.05) is 18.2 Å². The minimum atomic E-state index is -0.807. The Hall–Kier alpha value is -1.52. The summed E-state index contributed by atoms with van der Waals surface area (Å²) >= 11 is 1.81. The molecule has 0 saturated heterocycles. The lowest BCUT2D eigenvalue weighted by Gasteiger charge is -2.12. The van der Waals surface area contributed by atoms with E-state index in [1.54, 1.807) is 19.1 Å². The summed E-state index contributed by atoms with van der Waals surface area (Å²) in [4.78, 5) is 1.31. The molecule has 0 spiro atoms. The minimum absolute atomic E-state index is 0.296. The molecule has 110 valence electrons. The third-order valence-corrected chi connectivity index (χ3v) is 4.86. The van der Waals surface area contributed by atoms with Crippen LogP contribution in [0.15, 0.2) is 47.4 Å². The summed E-state index contributed by atoms with van der Waals surface area (Å²) in [7, 11) is 0. The number of aliphatic hydroxyl groups excluding tert-OH is 1. The van der Waals surface area contributed by atoms with Crippen LogP contribution in [-0.4, -0.2) is 17.0 Å². The summed E-state index contributed by atoms with van der Waals surface area (Å²) in [5.41, 5.74) is 1.65. The van der Waals surface area contributed by atoms with Crippen molar-refractivity contribution < 1.29 is 14.2 Å². The van der Waals surface area contributed by atoms with Gasteiger partial charge in [-0.25, -0.2) is 4.39 Å². The number of ether oxygens (including phenoxy) is 1. The second-order valence-corrected chi connectivity index (χ2v) is 6.56. The van der Waals surface area contributed by atoms with Gasteiger partial charge in [0, 0.05) is 21.8 Å². The molecule has 0 saturated carbocycles. The number of hydrogen-bond donors (Lipinski definition) is 1. The molecule has 4 heteroatoms. The van der Waals surface area contributed by atoms with Crippen LogP contribution < -0.4 is 4.74 Å². The Bertz CT molecular complexity index is 617. The highest BCUT2D eigenvalue weighted by Gasteiger charge is 2.22. The van der Waals surface area contributed by atoms with Gasteiger partial charge in [0.25, 0.3) is 0 Å². The third kappa shape index (κ3) is 3.22. The molecule has 2 aromatic rings. The second-order valence-electron chi connectivity index (χ2n) is 5.22. The Morgan fingerprint density at radius 1 is 1.33 bits per heavy atom. The maximum absolute atomic E-state index is 13.8. The molecule has 2 aromatic carbocycles. The van der Waals surface area contributed by atoms with Crippen LogP contribution in [0.2, 0.25) is 0 Å². The van der Waals surface area contributed by atoms with E-state index in [9.17, 15) is 9.50 Å². The second kappa shape index (κ2) is 6.08. The van der Waals surface area contributed by atoms with Crippen molar-refractivity contribution in [2.75, 3.05) is 6.61 Å². The zero-order chi connectivity index (χ0) is 14.8. The number of benzene rings is 2. The molecule has 1 heterocycles. The van der Waals surface area contributed by atoms with E-state index in [0.717, 1.165) is 6.42 Å². The van der Waals surface area contributed by atoms with Crippen molar-refractivity contribution in [3.05, 3.63) is 59.4 Å². The van der Waals surface area contributed by atoms with E-state index in [1.165, 1.54) is 16.5 Å². The molecule has 2 atom stereocenters. The van der Waals surface area contributed by atoms with Crippen LogP contribution in [0.1, 0.15) is 24.2 Å². The number of halogens is 1. The van der Waals surface area contributed by atoms with E-state index in [-0.39, 0.29) is 0 Å². The number of thioether (sulfide) groups is 1. The van der Waals surface area contributed by atoms with E-state index < -0.39 is 11.9 Å². The molecule has 0 aliphatic carbocycles. The van der Waals surface area contributed by atoms with Crippen molar-refractivity contribution in [3.8, 4) is 5.75 Å². The fourth-order valence-electron chi connectivity index (χ4n) is 2.47. The number of hydrogen-bond acceptors (Lipinski definition) is 3. The lowest BCUT2D eigenvalue weighted by atomic mass is 10.1. The van der Waals surface area contributed by atoms with Gasteiger partial charge in [-0.2, -0.15) is 0 Å². The van der Waals surface area contributed by atoms with Crippen molar-refractivity contribution in [2.45, 2.75) is 29.6 Å². The molecule has 2 unspecified atom stereocenters. The maximum atomic E-state index is 13.8. The average Bonchev–Trinajstić information content (AvgIpc) is 2.87. The Balaban J connectivity index is 1.61. The van der Waals surface area contributed by atoms with Crippen molar-refractivity contribution in [1.82, 2.24) is 0 Å². The van der Waals surface area contributed by atoms with Gasteiger partial charge in [0.2, 0.25) is 0 Å². The molecule has 1 N–H and O–H groups in total. The van der Waals surface area contributed by atoms with Crippen LogP contribution in [0.3, 0.4) is 0 Å². The first-order valence-corrected chi connectivity index (χ1v) is 7.86. The van der Waals surface area contributed by atoms with E-state index in [1.807, 2.05) is 23.9 Å². The Kier molecular flexibility index (Phi) is 4.17. The van der Waals surface area contributed by atoms with Gasteiger partial charge in [0.05, 0.1) is 6.10 Å². The molecular weight excluding hydrogens is 287 g/mol. The molecule has 0 fully saturated rings. The summed E-state index contributed by atoms with van der Waals surface area (Å²) in [6.45, 7) is 2.10. The van der Waals surface area contributed by atoms with Crippen LogP contribution >= 0.6 is 11.8 Å². The van der Waals surface area contributed by atoms with Gasteiger partial charge in [0.1, 0.15) is 18.2 Å². The van der Waals surface area contributed by atoms with Crippen molar-refractivity contribution >= 4 is 11.8 Å². The molecule has 0 radical (unpaired) electrons. The normalized spacial score (nSPS) is 18.3. The fourth-order valence-corrected chi connectivity index (χ4v) is 3.69. The SMILES string of the molecule is CC(O)c1ccc(OCC2Cc3ccccc3S2)cc1F. The van der Waals surface area contributed by atoms with Crippen LogP contribution in [0.25, 0.3) is 0 Å². The highest BCUT2D eigenvalue weighted by atomic mass is 32.2. The summed E-state index contributed by atoms with van der Waals surface area (Å²) in [5, 5.41) is 9.78. The first-order chi connectivity index (χ1) is 10.1. The Labute approximate surface area is 128 Å². The lowest BCUT2D eigenvalue weighted by molar-refractivity contribution is 0.194. The van der Waals surface area contributed by atoms with Gasteiger partial charge >= 0.3 is 0 Å². The van der Waals surface area contributed by atoms with E-state index >= 15 is 0 Å². The summed E-state index contributed by atoms with van der Waals surface area (Å²) in [5.74, 6) is 0.0818.